The first kappa shape index (κ1) is 21.2. The van der Waals surface area contributed by atoms with E-state index in [4.69, 9.17) is 4.43 Å². The van der Waals surface area contributed by atoms with Crippen LogP contribution in [-0.2, 0) is 14.3 Å². The van der Waals surface area contributed by atoms with E-state index < -0.39 is 23.4 Å². The van der Waals surface area contributed by atoms with Crippen LogP contribution in [0.25, 0.3) is 0 Å². The zero-order valence-electron chi connectivity index (χ0n) is 16.0. The van der Waals surface area contributed by atoms with E-state index in [1.807, 2.05) is 0 Å². The largest absolute Gasteiger partial charge is 0.417 e. The van der Waals surface area contributed by atoms with E-state index in [0.29, 0.717) is 13.0 Å². The van der Waals surface area contributed by atoms with Crippen LogP contribution in [0.15, 0.2) is 23.6 Å². The molecule has 1 heterocycles. The second-order valence-corrected chi connectivity index (χ2v) is 15.2. The molecule has 1 aromatic rings. The second kappa shape index (κ2) is 8.06. The summed E-state index contributed by atoms with van der Waals surface area (Å²) in [6.07, 6.45) is 4.37. The first-order chi connectivity index (χ1) is 10.9. The molecule has 0 unspecified atom stereocenters. The van der Waals surface area contributed by atoms with Crippen molar-refractivity contribution in [3.8, 4) is 0 Å². The van der Waals surface area contributed by atoms with Gasteiger partial charge in [-0.25, -0.2) is 18.4 Å². The average Bonchev–Trinajstić information content (AvgIpc) is 2.46. The number of hydrogen-bond acceptors (Lipinski definition) is 5. The minimum atomic E-state index is -3.47. The van der Waals surface area contributed by atoms with Crippen molar-refractivity contribution in [1.29, 1.82) is 0 Å². The highest BCUT2D eigenvalue weighted by molar-refractivity contribution is 7.91. The molecule has 0 aliphatic heterocycles. The maximum atomic E-state index is 12.5. The topological polar surface area (TPSA) is 69.2 Å². The lowest BCUT2D eigenvalue weighted by Crippen LogP contribution is -2.41. The smallest absolute Gasteiger partial charge is 0.247 e. The zero-order valence-corrected chi connectivity index (χ0v) is 17.9. The van der Waals surface area contributed by atoms with Crippen molar-refractivity contribution in [2.75, 3.05) is 6.61 Å². The summed E-state index contributed by atoms with van der Waals surface area (Å²) >= 11 is 0. The van der Waals surface area contributed by atoms with Gasteiger partial charge in [-0.15, -0.1) is 0 Å². The third-order valence-corrected chi connectivity index (χ3v) is 11.5. The van der Waals surface area contributed by atoms with Crippen molar-refractivity contribution in [1.82, 2.24) is 9.97 Å². The number of sulfone groups is 1. The molecule has 0 spiro atoms. The summed E-state index contributed by atoms with van der Waals surface area (Å²) in [4.78, 5) is 7.76. The zero-order chi connectivity index (χ0) is 18.6. The molecular formula is C17H32N2O3SSi. The highest BCUT2D eigenvalue weighted by Gasteiger charge is 2.37. The molecule has 0 N–H and O–H groups in total. The van der Waals surface area contributed by atoms with E-state index in [2.05, 4.69) is 50.8 Å². The highest BCUT2D eigenvalue weighted by Crippen LogP contribution is 2.36. The Balaban J connectivity index is 2.55. The number of hydrogen-bond donors (Lipinski definition) is 0. The number of aromatic nitrogens is 2. The van der Waals surface area contributed by atoms with Gasteiger partial charge in [-0.3, -0.25) is 0 Å². The van der Waals surface area contributed by atoms with Gasteiger partial charge in [0.1, 0.15) is 0 Å². The van der Waals surface area contributed by atoms with Crippen LogP contribution in [0.3, 0.4) is 0 Å². The summed E-state index contributed by atoms with van der Waals surface area (Å²) in [5.41, 5.74) is 0. The van der Waals surface area contributed by atoms with E-state index in [1.54, 1.807) is 13.0 Å². The fourth-order valence-electron chi connectivity index (χ4n) is 2.16. The van der Waals surface area contributed by atoms with Gasteiger partial charge in [0.05, 0.1) is 5.25 Å². The average molecular weight is 373 g/mol. The Kier molecular flexibility index (Phi) is 7.13. The molecule has 0 saturated carbocycles. The lowest BCUT2D eigenvalue weighted by atomic mass is 10.0. The fourth-order valence-corrected chi connectivity index (χ4v) is 4.57. The molecular weight excluding hydrogens is 340 g/mol. The van der Waals surface area contributed by atoms with Crippen molar-refractivity contribution < 1.29 is 12.8 Å². The summed E-state index contributed by atoms with van der Waals surface area (Å²) < 4.78 is 31.1. The maximum absolute atomic E-state index is 12.5. The first-order valence-electron chi connectivity index (χ1n) is 8.53. The van der Waals surface area contributed by atoms with E-state index in [-0.39, 0.29) is 16.1 Å². The first-order valence-corrected chi connectivity index (χ1v) is 13.0. The predicted octanol–water partition coefficient (Wildman–Crippen LogP) is 4.08. The normalized spacial score (nSPS) is 16.0. The van der Waals surface area contributed by atoms with Crippen LogP contribution >= 0.6 is 0 Å². The Morgan fingerprint density at radius 2 is 1.71 bits per heavy atom. The Bertz CT molecular complexity index is 612. The molecule has 0 aliphatic carbocycles. The third-order valence-electron chi connectivity index (χ3n) is 4.94. The standard InChI is InChI=1S/C17H32N2O3SSi/c1-14(9-12-22-24(6,7)17(3,4)5)13-15(2)23(20,21)16-18-10-8-11-19-16/h8,10-11,14-15H,9,12-13H2,1-7H3/t14-,15-/m1/s1. The molecule has 24 heavy (non-hydrogen) atoms. The van der Waals surface area contributed by atoms with Crippen LogP contribution in [0.1, 0.15) is 47.5 Å². The molecule has 2 atom stereocenters. The molecule has 1 aromatic heterocycles. The van der Waals surface area contributed by atoms with Crippen molar-refractivity contribution in [3.63, 3.8) is 0 Å². The molecule has 0 radical (unpaired) electrons. The van der Waals surface area contributed by atoms with Gasteiger partial charge in [0.15, 0.2) is 8.32 Å². The summed E-state index contributed by atoms with van der Waals surface area (Å²) in [7, 11) is -5.20. The number of rotatable bonds is 8. The second-order valence-electron chi connectivity index (χ2n) is 8.13. The van der Waals surface area contributed by atoms with Crippen LogP contribution in [0.4, 0.5) is 0 Å². The van der Waals surface area contributed by atoms with Crippen molar-refractivity contribution >= 4 is 18.2 Å². The molecule has 1 rings (SSSR count). The van der Waals surface area contributed by atoms with E-state index in [9.17, 15) is 8.42 Å². The quantitative estimate of drug-likeness (QED) is 0.508. The van der Waals surface area contributed by atoms with Crippen LogP contribution in [0, 0.1) is 5.92 Å². The molecule has 0 bridgehead atoms. The molecule has 0 saturated heterocycles. The van der Waals surface area contributed by atoms with Crippen molar-refractivity contribution in [2.24, 2.45) is 5.92 Å². The highest BCUT2D eigenvalue weighted by atomic mass is 32.2. The molecule has 7 heteroatoms. The van der Waals surface area contributed by atoms with Gasteiger partial charge in [-0.05, 0) is 49.9 Å². The van der Waals surface area contributed by atoms with Crippen molar-refractivity contribution in [2.45, 2.75) is 76.0 Å². The minimum Gasteiger partial charge on any atom is -0.417 e. The summed E-state index contributed by atoms with van der Waals surface area (Å²) in [6, 6.07) is 1.62. The van der Waals surface area contributed by atoms with Gasteiger partial charge in [-0.2, -0.15) is 0 Å². The van der Waals surface area contributed by atoms with Gasteiger partial charge in [0.2, 0.25) is 15.0 Å². The van der Waals surface area contributed by atoms with E-state index in [0.717, 1.165) is 6.42 Å². The van der Waals surface area contributed by atoms with Crippen LogP contribution in [0.2, 0.25) is 18.1 Å². The summed E-state index contributed by atoms with van der Waals surface area (Å²) in [6.45, 7) is 15.6. The Morgan fingerprint density at radius 1 is 1.17 bits per heavy atom. The monoisotopic (exact) mass is 372 g/mol. The Hall–Kier alpha value is -0.793. The lowest BCUT2D eigenvalue weighted by Gasteiger charge is -2.36. The van der Waals surface area contributed by atoms with Crippen molar-refractivity contribution in [3.05, 3.63) is 18.5 Å². The molecule has 0 amide bonds. The molecule has 138 valence electrons. The number of nitrogens with zero attached hydrogens (tertiary/aromatic N) is 2. The molecule has 0 fully saturated rings. The van der Waals surface area contributed by atoms with Crippen LogP contribution in [-0.4, -0.2) is 38.6 Å². The molecule has 0 aromatic carbocycles. The van der Waals surface area contributed by atoms with Gasteiger partial charge in [0.25, 0.3) is 0 Å². The maximum Gasteiger partial charge on any atom is 0.247 e. The summed E-state index contributed by atoms with van der Waals surface area (Å²) in [5, 5.41) is -0.387. The van der Waals surface area contributed by atoms with E-state index >= 15 is 0 Å². The van der Waals surface area contributed by atoms with Gasteiger partial charge < -0.3 is 4.43 Å². The van der Waals surface area contributed by atoms with Crippen LogP contribution in [0.5, 0.6) is 0 Å². The predicted molar refractivity (Wildman–Crippen MR) is 100 cm³/mol. The van der Waals surface area contributed by atoms with Gasteiger partial charge in [0, 0.05) is 19.0 Å². The lowest BCUT2D eigenvalue weighted by molar-refractivity contribution is 0.256. The summed E-state index contributed by atoms with van der Waals surface area (Å²) in [5.74, 6) is 0.267. The van der Waals surface area contributed by atoms with Gasteiger partial charge >= 0.3 is 0 Å². The Labute approximate surface area is 148 Å². The fraction of sp³-hybridized carbons (Fsp3) is 0.765. The Morgan fingerprint density at radius 3 is 2.21 bits per heavy atom. The third kappa shape index (κ3) is 5.63. The minimum absolute atomic E-state index is 0.0813. The SMILES string of the molecule is C[C@H](CCO[Si](C)(C)C(C)(C)C)C[C@@H](C)S(=O)(=O)c1ncccn1. The molecule has 5 nitrogen and oxygen atoms in total. The van der Waals surface area contributed by atoms with Crippen LogP contribution < -0.4 is 0 Å². The van der Waals surface area contributed by atoms with Gasteiger partial charge in [-0.1, -0.05) is 27.7 Å². The molecule has 0 aliphatic rings. The van der Waals surface area contributed by atoms with E-state index in [1.165, 1.54) is 12.4 Å².